The van der Waals surface area contributed by atoms with Gasteiger partial charge < -0.3 is 5.21 Å². The third-order valence-corrected chi connectivity index (χ3v) is 4.21. The average Bonchev–Trinajstić information content (AvgIpc) is 3.24. The van der Waals surface area contributed by atoms with Gasteiger partial charge in [0, 0.05) is 23.8 Å². The molecule has 0 aromatic carbocycles. The van der Waals surface area contributed by atoms with Crippen molar-refractivity contribution in [3.05, 3.63) is 77.0 Å². The van der Waals surface area contributed by atoms with Crippen molar-refractivity contribution in [3.63, 3.8) is 0 Å². The van der Waals surface area contributed by atoms with E-state index in [1.807, 2.05) is 53.2 Å². The SMILES string of the molecule is [O-][n+]1c(-c2ccsc2)cc(-c2ccccn2)n1-c1cccnc1. The second-order valence-corrected chi connectivity index (χ2v) is 5.72. The molecule has 5 nitrogen and oxygen atoms in total. The van der Waals surface area contributed by atoms with Crippen molar-refractivity contribution in [3.8, 4) is 28.3 Å². The topological polar surface area (TPSA) is 57.6 Å². The molecule has 6 heteroatoms. The highest BCUT2D eigenvalue weighted by Gasteiger charge is 2.23. The normalized spacial score (nSPS) is 10.8. The lowest BCUT2D eigenvalue weighted by Gasteiger charge is -2.07. The van der Waals surface area contributed by atoms with Crippen LogP contribution in [0, 0.1) is 5.21 Å². The minimum Gasteiger partial charge on any atom is -0.595 e. The molecule has 0 saturated carbocycles. The Bertz CT molecular complexity index is 918. The van der Waals surface area contributed by atoms with Gasteiger partial charge in [-0.15, -0.1) is 4.68 Å². The fourth-order valence-electron chi connectivity index (χ4n) is 2.48. The van der Waals surface area contributed by atoms with Gasteiger partial charge in [0.25, 0.3) is 5.69 Å². The summed E-state index contributed by atoms with van der Waals surface area (Å²) in [6.07, 6.45) is 5.07. The number of hydrogen-bond acceptors (Lipinski definition) is 4. The van der Waals surface area contributed by atoms with E-state index < -0.39 is 0 Å². The summed E-state index contributed by atoms with van der Waals surface area (Å²) in [4.78, 5) is 9.39. The molecule has 0 unspecified atom stereocenters. The zero-order valence-electron chi connectivity index (χ0n) is 12.0. The molecule has 4 rings (SSSR count). The van der Waals surface area contributed by atoms with Gasteiger partial charge in [-0.05, 0) is 35.7 Å². The lowest BCUT2D eigenvalue weighted by molar-refractivity contribution is -0.672. The van der Waals surface area contributed by atoms with E-state index >= 15 is 0 Å². The zero-order valence-corrected chi connectivity index (χ0v) is 12.9. The highest BCUT2D eigenvalue weighted by Crippen LogP contribution is 2.27. The maximum absolute atomic E-state index is 12.9. The van der Waals surface area contributed by atoms with Crippen LogP contribution in [0.2, 0.25) is 0 Å². The van der Waals surface area contributed by atoms with Gasteiger partial charge in [-0.2, -0.15) is 11.3 Å². The predicted octanol–water partition coefficient (Wildman–Crippen LogP) is 3.30. The lowest BCUT2D eigenvalue weighted by atomic mass is 10.2. The van der Waals surface area contributed by atoms with Gasteiger partial charge in [0.05, 0.1) is 17.5 Å². The van der Waals surface area contributed by atoms with E-state index in [2.05, 4.69) is 9.97 Å². The van der Waals surface area contributed by atoms with Crippen molar-refractivity contribution in [1.29, 1.82) is 0 Å². The maximum atomic E-state index is 12.9. The van der Waals surface area contributed by atoms with Crippen molar-refractivity contribution >= 4 is 11.3 Å². The minimum atomic E-state index is 0.593. The molecule has 0 bridgehead atoms. The highest BCUT2D eigenvalue weighted by atomic mass is 32.1. The molecule has 23 heavy (non-hydrogen) atoms. The quantitative estimate of drug-likeness (QED) is 0.430. The summed E-state index contributed by atoms with van der Waals surface area (Å²) in [6.45, 7) is 0. The molecule has 4 aromatic rings. The Morgan fingerprint density at radius 1 is 1.09 bits per heavy atom. The van der Waals surface area contributed by atoms with E-state index in [4.69, 9.17) is 0 Å². The smallest absolute Gasteiger partial charge is 0.253 e. The number of thiophene rings is 1. The van der Waals surface area contributed by atoms with Gasteiger partial charge in [-0.3, -0.25) is 9.97 Å². The molecule has 0 radical (unpaired) electrons. The Hall–Kier alpha value is -2.99. The van der Waals surface area contributed by atoms with Gasteiger partial charge in [-0.1, -0.05) is 10.9 Å². The van der Waals surface area contributed by atoms with Gasteiger partial charge in [0.2, 0.25) is 0 Å². The fraction of sp³-hybridized carbons (Fsp3) is 0. The summed E-state index contributed by atoms with van der Waals surface area (Å²) in [5.41, 5.74) is 3.66. The summed E-state index contributed by atoms with van der Waals surface area (Å²) in [5.74, 6) is 0. The Balaban J connectivity index is 1.99. The molecule has 4 heterocycles. The third kappa shape index (κ3) is 2.39. The standard InChI is InChI=1S/C17H12N4OS/c22-21-16(13-6-9-23-12-13)10-17(15-5-1-2-8-19-15)20(21)14-4-3-7-18-11-14/h1-12H. The van der Waals surface area contributed by atoms with Crippen LogP contribution in [0.25, 0.3) is 28.3 Å². The maximum Gasteiger partial charge on any atom is 0.253 e. The summed E-state index contributed by atoms with van der Waals surface area (Å²) in [7, 11) is 0. The first-order valence-electron chi connectivity index (χ1n) is 7.04. The molecular formula is C17H12N4OS. The van der Waals surface area contributed by atoms with Crippen LogP contribution in [0.5, 0.6) is 0 Å². The molecule has 0 aliphatic rings. The molecular weight excluding hydrogens is 308 g/mol. The van der Waals surface area contributed by atoms with Gasteiger partial charge >= 0.3 is 0 Å². The molecule has 0 spiro atoms. The summed E-state index contributed by atoms with van der Waals surface area (Å²) in [5, 5.41) is 16.8. The highest BCUT2D eigenvalue weighted by molar-refractivity contribution is 7.08. The second kappa shape index (κ2) is 5.66. The van der Waals surface area contributed by atoms with Crippen LogP contribution in [0.1, 0.15) is 0 Å². The van der Waals surface area contributed by atoms with E-state index in [0.717, 1.165) is 21.8 Å². The van der Waals surface area contributed by atoms with Crippen molar-refractivity contribution in [2.24, 2.45) is 0 Å². The van der Waals surface area contributed by atoms with Crippen LogP contribution in [-0.2, 0) is 0 Å². The zero-order chi connectivity index (χ0) is 15.6. The Morgan fingerprint density at radius 2 is 2.04 bits per heavy atom. The molecule has 4 aromatic heterocycles. The number of nitrogens with zero attached hydrogens (tertiary/aromatic N) is 4. The Labute approximate surface area is 136 Å². The van der Waals surface area contributed by atoms with Crippen LogP contribution in [0.4, 0.5) is 0 Å². The van der Waals surface area contributed by atoms with E-state index in [1.54, 1.807) is 34.6 Å². The first kappa shape index (κ1) is 13.7. The van der Waals surface area contributed by atoms with Crippen LogP contribution in [0.3, 0.4) is 0 Å². The largest absolute Gasteiger partial charge is 0.595 e. The Kier molecular flexibility index (Phi) is 3.36. The first-order valence-corrected chi connectivity index (χ1v) is 7.99. The molecule has 0 fully saturated rings. The van der Waals surface area contributed by atoms with Crippen molar-refractivity contribution in [2.75, 3.05) is 0 Å². The van der Waals surface area contributed by atoms with Crippen molar-refractivity contribution < 1.29 is 4.85 Å². The number of rotatable bonds is 3. The van der Waals surface area contributed by atoms with Crippen molar-refractivity contribution in [1.82, 2.24) is 14.6 Å². The van der Waals surface area contributed by atoms with Gasteiger partial charge in [0.15, 0.2) is 0 Å². The molecule has 0 N–H and O–H groups in total. The lowest BCUT2D eigenvalue weighted by Crippen LogP contribution is -2.38. The molecule has 0 saturated heterocycles. The summed E-state index contributed by atoms with van der Waals surface area (Å²) in [6, 6.07) is 13.1. The summed E-state index contributed by atoms with van der Waals surface area (Å²) >= 11 is 1.56. The minimum absolute atomic E-state index is 0.593. The summed E-state index contributed by atoms with van der Waals surface area (Å²) < 4.78 is 1.59. The Morgan fingerprint density at radius 3 is 2.74 bits per heavy atom. The molecule has 0 aliphatic carbocycles. The fourth-order valence-corrected chi connectivity index (χ4v) is 3.12. The monoisotopic (exact) mass is 320 g/mol. The van der Waals surface area contributed by atoms with Crippen LogP contribution in [-0.4, -0.2) is 14.6 Å². The van der Waals surface area contributed by atoms with Crippen molar-refractivity contribution in [2.45, 2.75) is 0 Å². The number of pyridine rings is 2. The van der Waals surface area contributed by atoms with E-state index in [9.17, 15) is 5.21 Å². The van der Waals surface area contributed by atoms with Gasteiger partial charge in [0.1, 0.15) is 11.4 Å². The van der Waals surface area contributed by atoms with E-state index in [0.29, 0.717) is 11.4 Å². The molecule has 0 aliphatic heterocycles. The molecule has 0 amide bonds. The third-order valence-electron chi connectivity index (χ3n) is 3.52. The number of hydrogen-bond donors (Lipinski definition) is 0. The average molecular weight is 320 g/mol. The second-order valence-electron chi connectivity index (χ2n) is 4.94. The van der Waals surface area contributed by atoms with E-state index in [1.165, 1.54) is 0 Å². The predicted molar refractivity (Wildman–Crippen MR) is 89.1 cm³/mol. The first-order chi connectivity index (χ1) is 11.3. The van der Waals surface area contributed by atoms with Crippen LogP contribution < -0.4 is 4.85 Å². The molecule has 112 valence electrons. The number of aromatic nitrogens is 4. The van der Waals surface area contributed by atoms with Crippen LogP contribution in [0.15, 0.2) is 71.8 Å². The molecule has 0 atom stereocenters. The van der Waals surface area contributed by atoms with Crippen LogP contribution >= 0.6 is 11.3 Å². The van der Waals surface area contributed by atoms with E-state index in [-0.39, 0.29) is 0 Å². The van der Waals surface area contributed by atoms with Gasteiger partial charge in [-0.25, -0.2) is 0 Å².